The van der Waals surface area contributed by atoms with E-state index in [4.69, 9.17) is 0 Å². The molecule has 1 saturated heterocycles. The number of nitrogens with zero attached hydrogens (tertiary/aromatic N) is 1. The van der Waals surface area contributed by atoms with Crippen molar-refractivity contribution >= 4 is 5.91 Å². The highest BCUT2D eigenvalue weighted by molar-refractivity contribution is 5.94. The van der Waals surface area contributed by atoms with Gasteiger partial charge in [0.05, 0.1) is 11.8 Å². The molecule has 2 aliphatic rings. The number of alkyl halides is 2. The molecule has 1 saturated carbocycles. The van der Waals surface area contributed by atoms with E-state index in [1.54, 1.807) is 24.3 Å². The van der Waals surface area contributed by atoms with Crippen LogP contribution in [0.3, 0.4) is 0 Å². The Bertz CT molecular complexity index is 418. The van der Waals surface area contributed by atoms with Gasteiger partial charge in [0.15, 0.2) is 0 Å². The molecule has 2 nitrogen and oxygen atoms in total. The van der Waals surface area contributed by atoms with Crippen LogP contribution in [0.4, 0.5) is 8.78 Å². The Morgan fingerprint density at radius 3 is 2.31 bits per heavy atom. The maximum atomic E-state index is 12.9. The Morgan fingerprint density at radius 2 is 1.75 bits per heavy atom. The molecule has 2 fully saturated rings. The molecule has 0 N–H and O–H groups in total. The first-order chi connectivity index (χ1) is 7.60. The highest BCUT2D eigenvalue weighted by atomic mass is 19.3. The summed E-state index contributed by atoms with van der Waals surface area (Å²) >= 11 is 0. The highest BCUT2D eigenvalue weighted by Crippen LogP contribution is 2.59. The molecule has 1 aliphatic carbocycles. The number of piperidine rings is 1. The zero-order valence-electron chi connectivity index (χ0n) is 8.57. The van der Waals surface area contributed by atoms with E-state index in [2.05, 4.69) is 0 Å². The number of rotatable bonds is 1. The molecular weight excluding hydrogens is 212 g/mol. The van der Waals surface area contributed by atoms with Crippen molar-refractivity contribution in [1.82, 2.24) is 4.90 Å². The molecule has 1 aromatic carbocycles. The first-order valence-electron chi connectivity index (χ1n) is 5.33. The van der Waals surface area contributed by atoms with Gasteiger partial charge in [0.25, 0.3) is 11.8 Å². The lowest BCUT2D eigenvalue weighted by Crippen LogP contribution is -2.33. The van der Waals surface area contributed by atoms with E-state index < -0.39 is 17.8 Å². The SMILES string of the molecule is O=C(c1ccccc1)N1CC2C(C1)C2(F)F. The third-order valence-corrected chi connectivity index (χ3v) is 3.51. The maximum Gasteiger partial charge on any atom is 0.258 e. The van der Waals surface area contributed by atoms with Crippen LogP contribution < -0.4 is 0 Å². The fourth-order valence-electron chi connectivity index (χ4n) is 2.44. The lowest BCUT2D eigenvalue weighted by Gasteiger charge is -2.19. The monoisotopic (exact) mass is 223 g/mol. The van der Waals surface area contributed by atoms with Gasteiger partial charge in [-0.2, -0.15) is 0 Å². The summed E-state index contributed by atoms with van der Waals surface area (Å²) in [6.45, 7) is 0.400. The second kappa shape index (κ2) is 3.03. The number of carbonyl (C=O) groups excluding carboxylic acids is 1. The minimum Gasteiger partial charge on any atom is -0.338 e. The van der Waals surface area contributed by atoms with Gasteiger partial charge in [-0.05, 0) is 12.1 Å². The van der Waals surface area contributed by atoms with Crippen LogP contribution in [0, 0.1) is 11.8 Å². The van der Waals surface area contributed by atoms with E-state index in [1.165, 1.54) is 4.90 Å². The van der Waals surface area contributed by atoms with Crippen LogP contribution in [0.5, 0.6) is 0 Å². The van der Waals surface area contributed by atoms with Crippen molar-refractivity contribution in [2.75, 3.05) is 13.1 Å². The molecule has 0 spiro atoms. The molecule has 1 aliphatic heterocycles. The number of benzene rings is 1. The Balaban J connectivity index is 1.72. The number of fused-ring (bicyclic) bond motifs is 1. The zero-order chi connectivity index (χ0) is 11.3. The summed E-state index contributed by atoms with van der Waals surface area (Å²) in [7, 11) is 0. The molecule has 2 atom stereocenters. The van der Waals surface area contributed by atoms with Gasteiger partial charge in [0.1, 0.15) is 0 Å². The van der Waals surface area contributed by atoms with Crippen molar-refractivity contribution in [3.05, 3.63) is 35.9 Å². The lowest BCUT2D eigenvalue weighted by molar-refractivity contribution is 0.0459. The summed E-state index contributed by atoms with van der Waals surface area (Å²) in [5, 5.41) is 0. The fraction of sp³-hybridized carbons (Fsp3) is 0.417. The average molecular weight is 223 g/mol. The molecule has 0 radical (unpaired) electrons. The van der Waals surface area contributed by atoms with Gasteiger partial charge in [-0.3, -0.25) is 4.79 Å². The molecular formula is C12H11F2NO. The topological polar surface area (TPSA) is 20.3 Å². The molecule has 84 valence electrons. The predicted octanol–water partition coefficient (Wildman–Crippen LogP) is 2.02. The van der Waals surface area contributed by atoms with Gasteiger partial charge in [-0.15, -0.1) is 0 Å². The standard InChI is InChI=1S/C12H11F2NO/c13-12(14)9-6-15(7-10(9)12)11(16)8-4-2-1-3-5-8/h1-5,9-10H,6-7H2. The fourth-order valence-corrected chi connectivity index (χ4v) is 2.44. The van der Waals surface area contributed by atoms with Crippen LogP contribution in [0.1, 0.15) is 10.4 Å². The summed E-state index contributed by atoms with van der Waals surface area (Å²) < 4.78 is 25.9. The molecule has 3 rings (SSSR count). The van der Waals surface area contributed by atoms with Crippen LogP contribution in [0.2, 0.25) is 0 Å². The van der Waals surface area contributed by atoms with Gasteiger partial charge in [0.2, 0.25) is 0 Å². The molecule has 16 heavy (non-hydrogen) atoms. The van der Waals surface area contributed by atoms with Crippen LogP contribution in [-0.2, 0) is 0 Å². The first-order valence-corrected chi connectivity index (χ1v) is 5.33. The highest BCUT2D eigenvalue weighted by Gasteiger charge is 2.72. The summed E-state index contributed by atoms with van der Waals surface area (Å²) in [5.74, 6) is -3.85. The first kappa shape index (κ1) is 9.75. The second-order valence-electron chi connectivity index (χ2n) is 4.46. The lowest BCUT2D eigenvalue weighted by atomic mass is 10.2. The van der Waals surface area contributed by atoms with Gasteiger partial charge >= 0.3 is 0 Å². The van der Waals surface area contributed by atoms with E-state index in [0.29, 0.717) is 5.56 Å². The number of hydrogen-bond donors (Lipinski definition) is 0. The summed E-state index contributed by atoms with van der Waals surface area (Å²) in [5.41, 5.74) is 0.576. The molecule has 1 heterocycles. The molecule has 2 unspecified atom stereocenters. The summed E-state index contributed by atoms with van der Waals surface area (Å²) in [4.78, 5) is 13.4. The van der Waals surface area contributed by atoms with E-state index in [-0.39, 0.29) is 19.0 Å². The van der Waals surface area contributed by atoms with Crippen molar-refractivity contribution in [1.29, 1.82) is 0 Å². The van der Waals surface area contributed by atoms with Crippen LogP contribution in [-0.4, -0.2) is 29.8 Å². The van der Waals surface area contributed by atoms with Crippen LogP contribution >= 0.6 is 0 Å². The van der Waals surface area contributed by atoms with Gasteiger partial charge in [-0.25, -0.2) is 8.78 Å². The minimum absolute atomic E-state index is 0.136. The van der Waals surface area contributed by atoms with E-state index in [0.717, 1.165) is 0 Å². The summed E-state index contributed by atoms with van der Waals surface area (Å²) in [6, 6.07) is 8.80. The number of amides is 1. The third kappa shape index (κ3) is 1.25. The van der Waals surface area contributed by atoms with Crippen molar-refractivity contribution < 1.29 is 13.6 Å². The van der Waals surface area contributed by atoms with Gasteiger partial charge < -0.3 is 4.90 Å². The van der Waals surface area contributed by atoms with Gasteiger partial charge in [0, 0.05) is 18.7 Å². The Hall–Kier alpha value is -1.45. The summed E-state index contributed by atoms with van der Waals surface area (Å²) in [6.07, 6.45) is 0. The maximum absolute atomic E-state index is 12.9. The second-order valence-corrected chi connectivity index (χ2v) is 4.46. The zero-order valence-corrected chi connectivity index (χ0v) is 8.57. The molecule has 0 bridgehead atoms. The molecule has 4 heteroatoms. The third-order valence-electron chi connectivity index (χ3n) is 3.51. The van der Waals surface area contributed by atoms with Crippen molar-refractivity contribution in [2.45, 2.75) is 5.92 Å². The number of hydrogen-bond acceptors (Lipinski definition) is 1. The molecule has 1 amide bonds. The predicted molar refractivity (Wildman–Crippen MR) is 54.3 cm³/mol. The Labute approximate surface area is 91.9 Å². The number of halogens is 2. The number of carbonyl (C=O) groups is 1. The van der Waals surface area contributed by atoms with E-state index in [1.807, 2.05) is 6.07 Å². The molecule has 0 aromatic heterocycles. The minimum atomic E-state index is -2.52. The Morgan fingerprint density at radius 1 is 1.19 bits per heavy atom. The number of likely N-dealkylation sites (tertiary alicyclic amines) is 1. The van der Waals surface area contributed by atoms with Crippen LogP contribution in [0.25, 0.3) is 0 Å². The Kier molecular flexibility index (Phi) is 1.85. The molecule has 1 aromatic rings. The average Bonchev–Trinajstić information content (AvgIpc) is 2.72. The quantitative estimate of drug-likeness (QED) is 0.713. The van der Waals surface area contributed by atoms with E-state index >= 15 is 0 Å². The smallest absolute Gasteiger partial charge is 0.258 e. The van der Waals surface area contributed by atoms with Crippen LogP contribution in [0.15, 0.2) is 30.3 Å². The van der Waals surface area contributed by atoms with Crippen molar-refractivity contribution in [2.24, 2.45) is 11.8 Å². The normalized spacial score (nSPS) is 30.0. The van der Waals surface area contributed by atoms with Gasteiger partial charge in [-0.1, -0.05) is 18.2 Å². The van der Waals surface area contributed by atoms with Crippen molar-refractivity contribution in [3.63, 3.8) is 0 Å². The van der Waals surface area contributed by atoms with E-state index in [9.17, 15) is 13.6 Å². The van der Waals surface area contributed by atoms with Crippen molar-refractivity contribution in [3.8, 4) is 0 Å². The largest absolute Gasteiger partial charge is 0.338 e.